The van der Waals surface area contributed by atoms with E-state index in [2.05, 4.69) is 348 Å². The summed E-state index contributed by atoms with van der Waals surface area (Å²) < 4.78 is 4.86. The minimum absolute atomic E-state index is 1.09. The molecule has 0 saturated carbocycles. The molecule has 0 bridgehead atoms. The molecule has 0 N–H and O–H groups in total. The van der Waals surface area contributed by atoms with Gasteiger partial charge in [-0.3, -0.25) is 0 Å². The second-order valence-electron chi connectivity index (χ2n) is 21.9. The Morgan fingerprint density at radius 2 is 0.476 bits per heavy atom. The van der Waals surface area contributed by atoms with E-state index in [9.17, 15) is 0 Å². The van der Waals surface area contributed by atoms with Gasteiger partial charge in [0, 0.05) is 67.0 Å². The van der Waals surface area contributed by atoms with Crippen LogP contribution in [0.5, 0.6) is 0 Å². The van der Waals surface area contributed by atoms with E-state index in [-0.39, 0.29) is 0 Å². The number of anilines is 6. The predicted octanol–water partition coefficient (Wildman–Crippen LogP) is 22.1. The van der Waals surface area contributed by atoms with Gasteiger partial charge in [-0.15, -0.1) is 0 Å². The van der Waals surface area contributed by atoms with Crippen LogP contribution in [0.1, 0.15) is 11.1 Å². The average Bonchev–Trinajstić information content (AvgIpc) is 2.38. The molecule has 398 valence electrons. The molecule has 0 unspecified atom stereocenters. The summed E-state index contributed by atoms with van der Waals surface area (Å²) in [6.07, 6.45) is 0. The first-order valence-electron chi connectivity index (χ1n) is 28.9. The largest absolute Gasteiger partial charge is 0.311 e. The van der Waals surface area contributed by atoms with Crippen LogP contribution in [0.25, 0.3) is 99.5 Å². The zero-order valence-electron chi connectivity index (χ0n) is 46.8. The van der Waals surface area contributed by atoms with Crippen molar-refractivity contribution in [1.29, 1.82) is 0 Å². The molecule has 0 atom stereocenters. The third-order valence-electron chi connectivity index (χ3n) is 16.7. The first-order valence-corrected chi connectivity index (χ1v) is 28.9. The first-order chi connectivity index (χ1) is 41.5. The number of nitrogens with zero attached hydrogens (tertiary/aromatic N) is 4. The highest BCUT2D eigenvalue weighted by molar-refractivity contribution is 6.13. The lowest BCUT2D eigenvalue weighted by molar-refractivity contribution is 1.16. The molecular weight excluding hydrogens is 1020 g/mol. The number of fused-ring (bicyclic) bond motifs is 6. The summed E-state index contributed by atoms with van der Waals surface area (Å²) >= 11 is 0. The number of aromatic nitrogens is 2. The highest BCUT2D eigenvalue weighted by Crippen LogP contribution is 2.42. The van der Waals surface area contributed by atoms with Crippen LogP contribution in [-0.4, -0.2) is 9.13 Å². The number of rotatable bonds is 12. The molecule has 0 saturated heterocycles. The van der Waals surface area contributed by atoms with Crippen LogP contribution >= 0.6 is 0 Å². The Balaban J connectivity index is 0.791. The van der Waals surface area contributed by atoms with Gasteiger partial charge < -0.3 is 18.9 Å². The van der Waals surface area contributed by atoms with Crippen molar-refractivity contribution in [2.24, 2.45) is 0 Å². The van der Waals surface area contributed by atoms with E-state index in [4.69, 9.17) is 0 Å². The Kier molecular flexibility index (Phi) is 12.6. The summed E-state index contributed by atoms with van der Waals surface area (Å²) in [6.45, 7) is 4.28. The van der Waals surface area contributed by atoms with Crippen LogP contribution in [0.15, 0.2) is 315 Å². The van der Waals surface area contributed by atoms with Crippen molar-refractivity contribution in [2.45, 2.75) is 13.8 Å². The average molecular weight is 1080 g/mol. The highest BCUT2D eigenvalue weighted by atomic mass is 15.1. The number of hydrogen-bond acceptors (Lipinski definition) is 2. The number of para-hydroxylation sites is 2. The minimum Gasteiger partial charge on any atom is -0.311 e. The van der Waals surface area contributed by atoms with E-state index in [0.717, 1.165) is 73.2 Å². The van der Waals surface area contributed by atoms with Gasteiger partial charge in [0.05, 0.1) is 22.1 Å². The molecule has 2 aromatic heterocycles. The van der Waals surface area contributed by atoms with Gasteiger partial charge in [0.2, 0.25) is 0 Å². The number of aryl methyl sites for hydroxylation is 2. The molecule has 4 nitrogen and oxygen atoms in total. The fourth-order valence-electron chi connectivity index (χ4n) is 12.4. The molecule has 0 aliphatic heterocycles. The summed E-state index contributed by atoms with van der Waals surface area (Å²) in [5.74, 6) is 0. The summed E-state index contributed by atoms with van der Waals surface area (Å²) in [7, 11) is 0. The van der Waals surface area contributed by atoms with Gasteiger partial charge in [-0.2, -0.15) is 0 Å². The standard InChI is InChI=1S/C80H58N4/c1-55-21-36-65(37-22-55)81(66-38-23-56(2)24-39-66)70-46-48-71(49-47-70)83-79-51-35-64(53-75(79)76-54-72(50-52-80(76)83)84-77-19-11-9-17-73(77)74-18-10-12-20-78(74)84)63-27-25-59(26-28-63)62-33-44-69(45-34-62)82(67-40-29-60(30-41-67)57-13-5-3-6-14-57)68-42-31-61(32-43-68)58-15-7-4-8-16-58/h3-54H,1-2H3. The lowest BCUT2D eigenvalue weighted by atomic mass is 9.98. The van der Waals surface area contributed by atoms with Crippen LogP contribution in [0.3, 0.4) is 0 Å². The van der Waals surface area contributed by atoms with Crippen LogP contribution in [0, 0.1) is 13.8 Å². The third kappa shape index (κ3) is 9.17. The van der Waals surface area contributed by atoms with E-state index in [0.29, 0.717) is 0 Å². The molecule has 0 fully saturated rings. The SMILES string of the molecule is Cc1ccc(N(c2ccc(C)cc2)c2ccc(-n3c4ccc(-c5ccc(-c6ccc(N(c7ccc(-c8ccccc8)cc7)c7ccc(-c8ccccc8)cc7)cc6)cc5)cc4c4cc(-n5c6ccccc6c6ccccc65)ccc43)cc2)cc1. The molecule has 2 heterocycles. The highest BCUT2D eigenvalue weighted by Gasteiger charge is 2.20. The van der Waals surface area contributed by atoms with E-state index < -0.39 is 0 Å². The second-order valence-corrected chi connectivity index (χ2v) is 21.9. The van der Waals surface area contributed by atoms with Gasteiger partial charge in [0.1, 0.15) is 0 Å². The van der Waals surface area contributed by atoms with Crippen molar-refractivity contribution in [3.8, 4) is 55.9 Å². The topological polar surface area (TPSA) is 16.3 Å². The maximum absolute atomic E-state index is 2.43. The summed E-state index contributed by atoms with van der Waals surface area (Å²) in [6, 6.07) is 115. The molecule has 0 amide bonds. The van der Waals surface area contributed by atoms with Crippen molar-refractivity contribution in [2.75, 3.05) is 9.80 Å². The van der Waals surface area contributed by atoms with Crippen molar-refractivity contribution in [1.82, 2.24) is 9.13 Å². The number of hydrogen-bond donors (Lipinski definition) is 0. The monoisotopic (exact) mass is 1070 g/mol. The Hall–Kier alpha value is -10.9. The lowest BCUT2D eigenvalue weighted by Gasteiger charge is -2.26. The van der Waals surface area contributed by atoms with Gasteiger partial charge >= 0.3 is 0 Å². The normalized spacial score (nSPS) is 11.5. The molecule has 84 heavy (non-hydrogen) atoms. The Labute approximate surface area is 490 Å². The Morgan fingerprint density at radius 3 is 0.905 bits per heavy atom. The quantitative estimate of drug-likeness (QED) is 0.121. The summed E-state index contributed by atoms with van der Waals surface area (Å²) in [5.41, 5.74) is 25.5. The van der Waals surface area contributed by atoms with Crippen LogP contribution in [-0.2, 0) is 0 Å². The Morgan fingerprint density at radius 1 is 0.202 bits per heavy atom. The van der Waals surface area contributed by atoms with Crippen molar-refractivity contribution < 1.29 is 0 Å². The molecule has 0 spiro atoms. The van der Waals surface area contributed by atoms with Crippen LogP contribution < -0.4 is 9.80 Å². The third-order valence-corrected chi connectivity index (χ3v) is 16.7. The molecule has 0 aliphatic carbocycles. The van der Waals surface area contributed by atoms with E-state index in [1.54, 1.807) is 0 Å². The molecule has 15 rings (SSSR count). The van der Waals surface area contributed by atoms with Crippen LogP contribution in [0.2, 0.25) is 0 Å². The van der Waals surface area contributed by atoms with Crippen LogP contribution in [0.4, 0.5) is 34.1 Å². The maximum Gasteiger partial charge on any atom is 0.0542 e. The first kappa shape index (κ1) is 50.1. The number of benzene rings is 13. The van der Waals surface area contributed by atoms with Gasteiger partial charge in [-0.05, 0) is 186 Å². The predicted molar refractivity (Wildman–Crippen MR) is 356 cm³/mol. The van der Waals surface area contributed by atoms with Crippen molar-refractivity contribution in [3.05, 3.63) is 327 Å². The molecule has 15 aromatic rings. The summed E-state index contributed by atoms with van der Waals surface area (Å²) in [4.78, 5) is 4.68. The maximum atomic E-state index is 2.43. The second kappa shape index (κ2) is 21.2. The lowest BCUT2D eigenvalue weighted by Crippen LogP contribution is -2.10. The Bertz CT molecular complexity index is 4650. The molecule has 0 radical (unpaired) electrons. The summed E-state index contributed by atoms with van der Waals surface area (Å²) in [5, 5.41) is 4.89. The zero-order valence-corrected chi connectivity index (χ0v) is 46.8. The van der Waals surface area contributed by atoms with Gasteiger partial charge in [-0.25, -0.2) is 0 Å². The molecule has 0 aliphatic rings. The van der Waals surface area contributed by atoms with Gasteiger partial charge in [-0.1, -0.05) is 199 Å². The fraction of sp³-hybridized carbons (Fsp3) is 0.0250. The van der Waals surface area contributed by atoms with Crippen molar-refractivity contribution >= 4 is 77.7 Å². The molecule has 4 heteroatoms. The minimum atomic E-state index is 1.09. The van der Waals surface area contributed by atoms with E-state index >= 15 is 0 Å². The smallest absolute Gasteiger partial charge is 0.0542 e. The van der Waals surface area contributed by atoms with Crippen molar-refractivity contribution in [3.63, 3.8) is 0 Å². The van der Waals surface area contributed by atoms with E-state index in [1.807, 2.05) is 0 Å². The fourth-order valence-corrected chi connectivity index (χ4v) is 12.4. The molecular formula is C80H58N4. The van der Waals surface area contributed by atoms with E-state index in [1.165, 1.54) is 71.5 Å². The molecule has 13 aromatic carbocycles. The van der Waals surface area contributed by atoms with Gasteiger partial charge in [0.25, 0.3) is 0 Å². The zero-order chi connectivity index (χ0) is 56.1. The van der Waals surface area contributed by atoms with Gasteiger partial charge in [0.15, 0.2) is 0 Å².